The fourth-order valence-corrected chi connectivity index (χ4v) is 5.89. The number of rotatable bonds is 9. The number of hydrogen-bond donors (Lipinski definition) is 1. The summed E-state index contributed by atoms with van der Waals surface area (Å²) in [6, 6.07) is 16.4. The van der Waals surface area contributed by atoms with Gasteiger partial charge in [-0.15, -0.1) is 0 Å². The fraction of sp³-hybridized carbons (Fsp3) is 0.229. The molecule has 0 unspecified atom stereocenters. The average molecular weight is 656 g/mol. The van der Waals surface area contributed by atoms with Gasteiger partial charge in [0.1, 0.15) is 29.9 Å². The first kappa shape index (κ1) is 32.2. The maximum atomic E-state index is 15.7. The molecule has 0 spiro atoms. The van der Waals surface area contributed by atoms with E-state index in [1.807, 2.05) is 6.07 Å². The van der Waals surface area contributed by atoms with Gasteiger partial charge >= 0.3 is 5.97 Å². The number of aromatic nitrogens is 3. The number of imidazole rings is 1. The minimum atomic E-state index is -1.14. The van der Waals surface area contributed by atoms with Crippen LogP contribution in [-0.2, 0) is 22.6 Å². The van der Waals surface area contributed by atoms with Crippen molar-refractivity contribution in [1.82, 2.24) is 19.4 Å². The summed E-state index contributed by atoms with van der Waals surface area (Å²) < 4.78 is 58.7. The van der Waals surface area contributed by atoms with E-state index in [2.05, 4.69) is 9.97 Å². The lowest BCUT2D eigenvalue weighted by Gasteiger charge is -2.22. The molecule has 3 aromatic carbocycles. The smallest absolute Gasteiger partial charge is 0.335 e. The van der Waals surface area contributed by atoms with E-state index in [4.69, 9.17) is 14.7 Å². The molecule has 1 N–H and O–H groups in total. The summed E-state index contributed by atoms with van der Waals surface area (Å²) in [6.07, 6.45) is -0.615. The lowest BCUT2D eigenvalue weighted by Crippen LogP contribution is -2.27. The van der Waals surface area contributed by atoms with Crippen LogP contribution >= 0.6 is 0 Å². The SMILES string of the molecule is CO[C@H]1CN(C(C)=O)C[C@@H]1n1c(Cc2cc(F)c(-c3cccc(OCc4ccc(C#N)cc4F)n3)cc2F)nc2ccc(C(=O)O)cc21. The monoisotopic (exact) mass is 655 g/mol. The Bertz CT molecular complexity index is 2110. The zero-order chi connectivity index (χ0) is 34.1. The van der Waals surface area contributed by atoms with Crippen molar-refractivity contribution < 1.29 is 37.3 Å². The molecule has 244 valence electrons. The van der Waals surface area contributed by atoms with Gasteiger partial charge in [-0.1, -0.05) is 12.1 Å². The first-order valence-electron chi connectivity index (χ1n) is 14.9. The Morgan fingerprint density at radius 2 is 1.77 bits per heavy atom. The van der Waals surface area contributed by atoms with Crippen molar-refractivity contribution in [2.75, 3.05) is 20.2 Å². The van der Waals surface area contributed by atoms with Crippen LogP contribution in [0.5, 0.6) is 5.88 Å². The second-order valence-corrected chi connectivity index (χ2v) is 11.3. The summed E-state index contributed by atoms with van der Waals surface area (Å²) in [6.45, 7) is 1.79. The van der Waals surface area contributed by atoms with E-state index < -0.39 is 35.6 Å². The van der Waals surface area contributed by atoms with Crippen LogP contribution in [0.4, 0.5) is 13.2 Å². The van der Waals surface area contributed by atoms with Crippen molar-refractivity contribution in [3.05, 3.63) is 112 Å². The lowest BCUT2D eigenvalue weighted by atomic mass is 10.0. The molecule has 0 saturated carbocycles. The molecule has 48 heavy (non-hydrogen) atoms. The van der Waals surface area contributed by atoms with Crippen LogP contribution in [0.1, 0.15) is 45.8 Å². The third-order valence-electron chi connectivity index (χ3n) is 8.37. The second kappa shape index (κ2) is 13.2. The number of likely N-dealkylation sites (tertiary alicyclic amines) is 1. The third-order valence-corrected chi connectivity index (χ3v) is 8.37. The number of carbonyl (C=O) groups excluding carboxylic acids is 1. The predicted molar refractivity (Wildman–Crippen MR) is 167 cm³/mol. The van der Waals surface area contributed by atoms with Gasteiger partial charge in [-0.3, -0.25) is 4.79 Å². The number of amides is 1. The first-order chi connectivity index (χ1) is 23.1. The maximum absolute atomic E-state index is 15.7. The molecule has 1 fully saturated rings. The summed E-state index contributed by atoms with van der Waals surface area (Å²) in [5, 5.41) is 18.6. The van der Waals surface area contributed by atoms with Crippen molar-refractivity contribution in [2.45, 2.75) is 32.1 Å². The highest BCUT2D eigenvalue weighted by Crippen LogP contribution is 2.33. The highest BCUT2D eigenvalue weighted by Gasteiger charge is 2.37. The number of fused-ring (bicyclic) bond motifs is 1. The van der Waals surface area contributed by atoms with E-state index in [-0.39, 0.29) is 64.9 Å². The molecular formula is C35H28F3N5O5. The number of benzene rings is 3. The second-order valence-electron chi connectivity index (χ2n) is 11.3. The van der Waals surface area contributed by atoms with Gasteiger partial charge in [0.15, 0.2) is 0 Å². The molecule has 0 aliphatic carbocycles. The number of carbonyl (C=O) groups is 2. The topological polar surface area (TPSA) is 131 Å². The Hall–Kier alpha value is -5.74. The zero-order valence-electron chi connectivity index (χ0n) is 25.8. The molecular weight excluding hydrogens is 627 g/mol. The van der Waals surface area contributed by atoms with Crippen molar-refractivity contribution in [3.8, 4) is 23.2 Å². The molecule has 3 heterocycles. The van der Waals surface area contributed by atoms with Crippen molar-refractivity contribution in [2.24, 2.45) is 0 Å². The van der Waals surface area contributed by atoms with E-state index in [0.29, 0.717) is 23.4 Å². The molecule has 5 aromatic rings. The maximum Gasteiger partial charge on any atom is 0.335 e. The Balaban J connectivity index is 1.31. The number of aromatic carboxylic acids is 1. The van der Waals surface area contributed by atoms with Crippen LogP contribution in [0.2, 0.25) is 0 Å². The molecule has 1 aliphatic heterocycles. The lowest BCUT2D eigenvalue weighted by molar-refractivity contribution is -0.128. The molecule has 1 amide bonds. The quantitative estimate of drug-likeness (QED) is 0.215. The average Bonchev–Trinajstić information content (AvgIpc) is 3.66. The number of hydrogen-bond acceptors (Lipinski definition) is 7. The summed E-state index contributed by atoms with van der Waals surface area (Å²) in [4.78, 5) is 34.6. The molecule has 1 aliphatic rings. The summed E-state index contributed by atoms with van der Waals surface area (Å²) in [5.41, 5.74) is 1.24. The summed E-state index contributed by atoms with van der Waals surface area (Å²) in [7, 11) is 1.51. The predicted octanol–water partition coefficient (Wildman–Crippen LogP) is 5.67. The van der Waals surface area contributed by atoms with Crippen LogP contribution in [0.15, 0.2) is 66.7 Å². The van der Waals surface area contributed by atoms with E-state index in [9.17, 15) is 19.1 Å². The van der Waals surface area contributed by atoms with Crippen LogP contribution in [-0.4, -0.2) is 62.7 Å². The molecule has 0 bridgehead atoms. The molecule has 0 radical (unpaired) electrons. The highest BCUT2D eigenvalue weighted by atomic mass is 19.1. The minimum Gasteiger partial charge on any atom is -0.478 e. The fourth-order valence-electron chi connectivity index (χ4n) is 5.89. The Labute approximate surface area is 272 Å². The van der Waals surface area contributed by atoms with Gasteiger partial charge in [-0.05, 0) is 54.1 Å². The van der Waals surface area contributed by atoms with Gasteiger partial charge < -0.3 is 24.0 Å². The van der Waals surface area contributed by atoms with Crippen LogP contribution in [0.3, 0.4) is 0 Å². The molecule has 13 heteroatoms. The van der Waals surface area contributed by atoms with Gasteiger partial charge in [-0.25, -0.2) is 27.9 Å². The van der Waals surface area contributed by atoms with Crippen LogP contribution < -0.4 is 4.74 Å². The number of carboxylic acid groups (broad SMARTS) is 1. The van der Waals surface area contributed by atoms with E-state index >= 15 is 8.78 Å². The van der Waals surface area contributed by atoms with Crippen LogP contribution in [0.25, 0.3) is 22.3 Å². The third kappa shape index (κ3) is 6.30. The standard InChI is InChI=1S/C35H28F3N5O5/c1-19(44)42-16-31(32(17-42)47-2)43-30-12-21(35(45)46)8-9-29(30)40-33(43)13-23-11-27(38)24(14-26(23)37)28-4-3-5-34(41-28)48-18-22-7-6-20(15-39)10-25(22)36/h3-12,14,31-32H,13,16-18H2,1-2H3,(H,45,46)/t31-,32-/m0/s1. The van der Waals surface area contributed by atoms with E-state index in [1.165, 1.54) is 50.4 Å². The van der Waals surface area contributed by atoms with Gasteiger partial charge in [-0.2, -0.15) is 5.26 Å². The van der Waals surface area contributed by atoms with Crippen molar-refractivity contribution >= 4 is 22.9 Å². The summed E-state index contributed by atoms with van der Waals surface area (Å²) in [5.74, 6) is -3.03. The van der Waals surface area contributed by atoms with Crippen molar-refractivity contribution in [3.63, 3.8) is 0 Å². The molecule has 6 rings (SSSR count). The van der Waals surface area contributed by atoms with Gasteiger partial charge in [0.2, 0.25) is 11.8 Å². The Morgan fingerprint density at radius 1 is 0.979 bits per heavy atom. The van der Waals surface area contributed by atoms with Gasteiger partial charge in [0, 0.05) is 50.7 Å². The number of halogens is 3. The molecule has 1 saturated heterocycles. The van der Waals surface area contributed by atoms with Crippen molar-refractivity contribution in [1.29, 1.82) is 5.26 Å². The molecule has 10 nitrogen and oxygen atoms in total. The molecule has 2 atom stereocenters. The minimum absolute atomic E-state index is 0.00894. The normalized spacial score (nSPS) is 15.9. The largest absolute Gasteiger partial charge is 0.478 e. The number of carboxylic acids is 1. The number of methoxy groups -OCH3 is 1. The Morgan fingerprint density at radius 3 is 2.48 bits per heavy atom. The zero-order valence-corrected chi connectivity index (χ0v) is 25.8. The van der Waals surface area contributed by atoms with Gasteiger partial charge in [0.25, 0.3) is 0 Å². The number of pyridine rings is 1. The Kier molecular flexibility index (Phi) is 8.84. The summed E-state index contributed by atoms with van der Waals surface area (Å²) >= 11 is 0. The molecule has 2 aromatic heterocycles. The number of ether oxygens (including phenoxy) is 2. The van der Waals surface area contributed by atoms with Crippen LogP contribution in [0, 0.1) is 28.8 Å². The first-order valence-corrected chi connectivity index (χ1v) is 14.9. The number of nitrogens with zero attached hydrogens (tertiary/aromatic N) is 5. The highest BCUT2D eigenvalue weighted by molar-refractivity contribution is 5.92. The van der Waals surface area contributed by atoms with E-state index in [1.54, 1.807) is 21.6 Å². The van der Waals surface area contributed by atoms with E-state index in [0.717, 1.165) is 18.2 Å². The van der Waals surface area contributed by atoms with Gasteiger partial charge in [0.05, 0.1) is 46.1 Å². The number of nitriles is 1.